The molecule has 1 N–H and O–H groups in total. The predicted octanol–water partition coefficient (Wildman–Crippen LogP) is 4.63. The maximum atomic E-state index is 8.48. The SMILES string of the molecule is N#CCCCOc1cccc(NCc2ccccc2Cl)c1. The summed E-state index contributed by atoms with van der Waals surface area (Å²) < 4.78 is 5.61. The standard InChI is InChI=1S/C17H17ClN2O/c18-17-9-2-1-6-14(17)13-20-15-7-5-8-16(12-15)21-11-4-3-10-19/h1-2,5-9,12,20H,3-4,11,13H2. The minimum absolute atomic E-state index is 0.518. The molecule has 2 aromatic rings. The van der Waals surface area contributed by atoms with Crippen LogP contribution in [0.15, 0.2) is 48.5 Å². The highest BCUT2D eigenvalue weighted by Crippen LogP contribution is 2.20. The van der Waals surface area contributed by atoms with Crippen LogP contribution in [0.25, 0.3) is 0 Å². The number of nitriles is 1. The van der Waals surface area contributed by atoms with E-state index in [1.807, 2.05) is 48.5 Å². The molecule has 3 nitrogen and oxygen atoms in total. The van der Waals surface area contributed by atoms with Crippen molar-refractivity contribution in [3.05, 3.63) is 59.1 Å². The number of nitrogens with zero attached hydrogens (tertiary/aromatic N) is 1. The van der Waals surface area contributed by atoms with Gasteiger partial charge in [-0.25, -0.2) is 0 Å². The topological polar surface area (TPSA) is 45.0 Å². The molecule has 0 bridgehead atoms. The smallest absolute Gasteiger partial charge is 0.121 e. The second kappa shape index (κ2) is 8.18. The lowest BCUT2D eigenvalue weighted by atomic mass is 10.2. The highest BCUT2D eigenvalue weighted by Gasteiger charge is 2.00. The predicted molar refractivity (Wildman–Crippen MR) is 85.6 cm³/mol. The fourth-order valence-corrected chi connectivity index (χ4v) is 2.08. The minimum atomic E-state index is 0.518. The Hall–Kier alpha value is -2.18. The van der Waals surface area contributed by atoms with Gasteiger partial charge >= 0.3 is 0 Å². The van der Waals surface area contributed by atoms with E-state index in [2.05, 4.69) is 11.4 Å². The molecule has 0 aliphatic carbocycles. The summed E-state index contributed by atoms with van der Waals surface area (Å²) >= 11 is 6.13. The number of benzene rings is 2. The summed E-state index contributed by atoms with van der Waals surface area (Å²) in [4.78, 5) is 0. The Kier molecular flexibility index (Phi) is 5.93. The third-order valence-electron chi connectivity index (χ3n) is 2.98. The van der Waals surface area contributed by atoms with Crippen LogP contribution < -0.4 is 10.1 Å². The normalized spacial score (nSPS) is 9.90. The van der Waals surface area contributed by atoms with Crippen LogP contribution in [-0.4, -0.2) is 6.61 Å². The number of unbranched alkanes of at least 4 members (excludes halogenated alkanes) is 1. The second-order valence-electron chi connectivity index (χ2n) is 4.58. The Bertz CT molecular complexity index is 622. The van der Waals surface area contributed by atoms with Gasteiger partial charge in [-0.3, -0.25) is 0 Å². The molecule has 4 heteroatoms. The van der Waals surface area contributed by atoms with Crippen LogP contribution >= 0.6 is 11.6 Å². The zero-order chi connectivity index (χ0) is 14.9. The van der Waals surface area contributed by atoms with Gasteiger partial charge in [-0.15, -0.1) is 0 Å². The molecule has 2 rings (SSSR count). The van der Waals surface area contributed by atoms with Gasteiger partial charge in [-0.05, 0) is 30.2 Å². The molecule has 0 radical (unpaired) electrons. The van der Waals surface area contributed by atoms with Crippen LogP contribution in [-0.2, 0) is 6.54 Å². The van der Waals surface area contributed by atoms with Crippen molar-refractivity contribution >= 4 is 17.3 Å². The minimum Gasteiger partial charge on any atom is -0.493 e. The van der Waals surface area contributed by atoms with Crippen molar-refractivity contribution < 1.29 is 4.74 Å². The third-order valence-corrected chi connectivity index (χ3v) is 3.35. The monoisotopic (exact) mass is 300 g/mol. The largest absolute Gasteiger partial charge is 0.493 e. The highest BCUT2D eigenvalue weighted by molar-refractivity contribution is 6.31. The van der Waals surface area contributed by atoms with E-state index < -0.39 is 0 Å². The zero-order valence-electron chi connectivity index (χ0n) is 11.7. The van der Waals surface area contributed by atoms with Crippen LogP contribution in [0.2, 0.25) is 5.02 Å². The molecule has 0 amide bonds. The third kappa shape index (κ3) is 5.02. The highest BCUT2D eigenvalue weighted by atomic mass is 35.5. The molecule has 0 aliphatic heterocycles. The fraction of sp³-hybridized carbons (Fsp3) is 0.235. The molecule has 0 aliphatic rings. The first-order valence-corrected chi connectivity index (χ1v) is 7.24. The summed E-state index contributed by atoms with van der Waals surface area (Å²) in [6.07, 6.45) is 1.26. The van der Waals surface area contributed by atoms with Crippen molar-refractivity contribution in [1.82, 2.24) is 0 Å². The average Bonchev–Trinajstić information content (AvgIpc) is 2.51. The second-order valence-corrected chi connectivity index (χ2v) is 4.99. The summed E-state index contributed by atoms with van der Waals surface area (Å²) in [6, 6.07) is 17.7. The molecule has 0 saturated carbocycles. The van der Waals surface area contributed by atoms with Crippen molar-refractivity contribution in [3.63, 3.8) is 0 Å². The number of rotatable bonds is 7. The van der Waals surface area contributed by atoms with E-state index in [9.17, 15) is 0 Å². The van der Waals surface area contributed by atoms with Gasteiger partial charge in [0.15, 0.2) is 0 Å². The molecular weight excluding hydrogens is 284 g/mol. The van der Waals surface area contributed by atoms with E-state index in [1.54, 1.807) is 0 Å². The summed E-state index contributed by atoms with van der Waals surface area (Å²) in [5.74, 6) is 0.803. The first kappa shape index (κ1) is 15.2. The van der Waals surface area contributed by atoms with E-state index >= 15 is 0 Å². The molecular formula is C17H17ClN2O. The number of halogens is 1. The first-order valence-electron chi connectivity index (χ1n) is 6.86. The van der Waals surface area contributed by atoms with Crippen LogP contribution in [0.4, 0.5) is 5.69 Å². The van der Waals surface area contributed by atoms with Gasteiger partial charge < -0.3 is 10.1 Å². The van der Waals surface area contributed by atoms with E-state index in [4.69, 9.17) is 21.6 Å². The molecule has 0 spiro atoms. The zero-order valence-corrected chi connectivity index (χ0v) is 12.4. The van der Waals surface area contributed by atoms with Crippen molar-refractivity contribution in [1.29, 1.82) is 5.26 Å². The Morgan fingerprint density at radius 2 is 2.00 bits per heavy atom. The van der Waals surface area contributed by atoms with Crippen LogP contribution in [0.1, 0.15) is 18.4 Å². The number of hydrogen-bond donors (Lipinski definition) is 1. The number of nitrogens with one attached hydrogen (secondary N) is 1. The van der Waals surface area contributed by atoms with Gasteiger partial charge in [-0.2, -0.15) is 5.26 Å². The molecule has 0 saturated heterocycles. The summed E-state index contributed by atoms with van der Waals surface area (Å²) in [6.45, 7) is 1.22. The molecule has 0 heterocycles. The molecule has 0 fully saturated rings. The van der Waals surface area contributed by atoms with Gasteiger partial charge in [0.05, 0.1) is 12.7 Å². The lowest BCUT2D eigenvalue weighted by Crippen LogP contribution is -2.01. The van der Waals surface area contributed by atoms with E-state index in [1.165, 1.54) is 0 Å². The van der Waals surface area contributed by atoms with Crippen LogP contribution in [0.3, 0.4) is 0 Å². The lowest BCUT2D eigenvalue weighted by molar-refractivity contribution is 0.313. The van der Waals surface area contributed by atoms with Crippen LogP contribution in [0.5, 0.6) is 5.75 Å². The van der Waals surface area contributed by atoms with Crippen molar-refractivity contribution in [2.75, 3.05) is 11.9 Å². The van der Waals surface area contributed by atoms with E-state index in [0.29, 0.717) is 19.6 Å². The average molecular weight is 301 g/mol. The van der Waals surface area contributed by atoms with Gasteiger partial charge in [0, 0.05) is 29.7 Å². The van der Waals surface area contributed by atoms with E-state index in [0.717, 1.165) is 28.4 Å². The summed E-state index contributed by atoms with van der Waals surface area (Å²) in [5, 5.41) is 12.6. The molecule has 0 unspecified atom stereocenters. The van der Waals surface area contributed by atoms with Crippen LogP contribution in [0, 0.1) is 11.3 Å². The Labute approximate surface area is 130 Å². The lowest BCUT2D eigenvalue weighted by Gasteiger charge is -2.10. The van der Waals surface area contributed by atoms with Crippen molar-refractivity contribution in [3.8, 4) is 11.8 Å². The Morgan fingerprint density at radius 1 is 1.14 bits per heavy atom. The van der Waals surface area contributed by atoms with Gasteiger partial charge in [0.25, 0.3) is 0 Å². The molecule has 2 aromatic carbocycles. The van der Waals surface area contributed by atoms with Crippen molar-refractivity contribution in [2.24, 2.45) is 0 Å². The quantitative estimate of drug-likeness (QED) is 0.758. The summed E-state index contributed by atoms with van der Waals surface area (Å²) in [5.41, 5.74) is 2.03. The number of ether oxygens (including phenoxy) is 1. The number of hydrogen-bond acceptors (Lipinski definition) is 3. The Morgan fingerprint density at radius 3 is 2.81 bits per heavy atom. The molecule has 108 valence electrons. The maximum Gasteiger partial charge on any atom is 0.121 e. The summed E-state index contributed by atoms with van der Waals surface area (Å²) in [7, 11) is 0. The Balaban J connectivity index is 1.89. The van der Waals surface area contributed by atoms with Gasteiger partial charge in [0.2, 0.25) is 0 Å². The maximum absolute atomic E-state index is 8.48. The first-order chi connectivity index (χ1) is 10.3. The fourth-order valence-electron chi connectivity index (χ4n) is 1.88. The number of anilines is 1. The molecule has 0 aromatic heterocycles. The van der Waals surface area contributed by atoms with Crippen molar-refractivity contribution in [2.45, 2.75) is 19.4 Å². The van der Waals surface area contributed by atoms with E-state index in [-0.39, 0.29) is 0 Å². The molecule has 21 heavy (non-hydrogen) atoms. The molecule has 0 atom stereocenters. The van der Waals surface area contributed by atoms with Gasteiger partial charge in [0.1, 0.15) is 5.75 Å². The van der Waals surface area contributed by atoms with Gasteiger partial charge in [-0.1, -0.05) is 35.9 Å².